The maximum atomic E-state index is 11.7. The second-order valence-corrected chi connectivity index (χ2v) is 6.96. The first-order chi connectivity index (χ1) is 12.2. The van der Waals surface area contributed by atoms with Crippen molar-refractivity contribution in [3.8, 4) is 0 Å². The van der Waals surface area contributed by atoms with Crippen molar-refractivity contribution in [3.63, 3.8) is 0 Å². The number of Topliss-reactive ketones (excluding diaryl/α,β-unsaturated/α-hetero) is 3. The summed E-state index contributed by atoms with van der Waals surface area (Å²) in [5.74, 6) is 0.301. The van der Waals surface area contributed by atoms with Gasteiger partial charge < -0.3 is 19.5 Å². The third-order valence-corrected chi connectivity index (χ3v) is 4.00. The number of rotatable bonds is 17. The van der Waals surface area contributed by atoms with Crippen LogP contribution in [0.5, 0.6) is 0 Å². The molecule has 0 aromatic heterocycles. The third-order valence-electron chi connectivity index (χ3n) is 4.00. The number of ketones is 3. The maximum Gasteiger partial charge on any atom is 0.137 e. The van der Waals surface area contributed by atoms with Crippen LogP contribution >= 0.6 is 0 Å². The van der Waals surface area contributed by atoms with Crippen LogP contribution in [0.1, 0.15) is 47.0 Å². The van der Waals surface area contributed by atoms with Crippen molar-refractivity contribution in [2.75, 3.05) is 46.7 Å². The molecule has 0 bridgehead atoms. The summed E-state index contributed by atoms with van der Waals surface area (Å²) in [6, 6.07) is 0. The van der Waals surface area contributed by atoms with Gasteiger partial charge in [0.1, 0.15) is 17.3 Å². The highest BCUT2D eigenvalue weighted by Crippen LogP contribution is 2.10. The zero-order valence-corrected chi connectivity index (χ0v) is 16.9. The van der Waals surface area contributed by atoms with Crippen molar-refractivity contribution >= 4 is 17.3 Å². The Kier molecular flexibility index (Phi) is 13.4. The molecule has 0 aliphatic heterocycles. The number of hydrogen-bond donors (Lipinski definition) is 1. The summed E-state index contributed by atoms with van der Waals surface area (Å²) >= 11 is 0. The molecule has 0 aromatic rings. The first-order valence-corrected chi connectivity index (χ1v) is 9.16. The third kappa shape index (κ3) is 12.2. The van der Waals surface area contributed by atoms with Crippen molar-refractivity contribution in [1.82, 2.24) is 5.32 Å². The van der Waals surface area contributed by atoms with E-state index in [9.17, 15) is 14.4 Å². The van der Waals surface area contributed by atoms with Gasteiger partial charge in [-0.1, -0.05) is 13.8 Å². The Hall–Kier alpha value is -1.15. The summed E-state index contributed by atoms with van der Waals surface area (Å²) in [5.41, 5.74) is -0.603. The Morgan fingerprint density at radius 1 is 0.808 bits per heavy atom. The molecular weight excluding hydrogens is 338 g/mol. The number of hydrogen-bond acceptors (Lipinski definition) is 7. The van der Waals surface area contributed by atoms with E-state index in [0.717, 1.165) is 0 Å². The standard InChI is InChI=1S/C19H35NO6/c1-15(2)18(23)8-11-26-14-19(20-5,12-24-9-6-16(3)21)13-25-10-7-17(4)22/h15,20H,6-14H2,1-5H3. The number of carbonyl (C=O) groups is 3. The van der Waals surface area contributed by atoms with Crippen molar-refractivity contribution in [3.05, 3.63) is 0 Å². The molecule has 0 saturated carbocycles. The molecule has 1 N–H and O–H groups in total. The topological polar surface area (TPSA) is 90.9 Å². The van der Waals surface area contributed by atoms with Gasteiger partial charge in [0, 0.05) is 25.2 Å². The van der Waals surface area contributed by atoms with Crippen LogP contribution in [-0.4, -0.2) is 69.6 Å². The van der Waals surface area contributed by atoms with E-state index >= 15 is 0 Å². The predicted octanol–water partition coefficient (Wildman–Crippen LogP) is 1.57. The Labute approximate surface area is 157 Å². The van der Waals surface area contributed by atoms with Crippen LogP contribution in [0, 0.1) is 5.92 Å². The molecule has 7 heteroatoms. The molecule has 0 spiro atoms. The quantitative estimate of drug-likeness (QED) is 0.387. The van der Waals surface area contributed by atoms with Crippen molar-refractivity contribution in [2.24, 2.45) is 5.92 Å². The highest BCUT2D eigenvalue weighted by Gasteiger charge is 2.30. The largest absolute Gasteiger partial charge is 0.379 e. The van der Waals surface area contributed by atoms with Gasteiger partial charge in [0.05, 0.1) is 45.2 Å². The Morgan fingerprint density at radius 3 is 1.50 bits per heavy atom. The van der Waals surface area contributed by atoms with Gasteiger partial charge in [-0.25, -0.2) is 0 Å². The maximum absolute atomic E-state index is 11.7. The van der Waals surface area contributed by atoms with Crippen LogP contribution < -0.4 is 5.32 Å². The first-order valence-electron chi connectivity index (χ1n) is 9.16. The summed E-state index contributed by atoms with van der Waals surface area (Å²) < 4.78 is 16.9. The monoisotopic (exact) mass is 373 g/mol. The lowest BCUT2D eigenvalue weighted by Gasteiger charge is -2.33. The summed E-state index contributed by atoms with van der Waals surface area (Å²) in [5, 5.41) is 3.17. The Morgan fingerprint density at radius 2 is 1.19 bits per heavy atom. The van der Waals surface area contributed by atoms with Crippen LogP contribution in [-0.2, 0) is 28.6 Å². The van der Waals surface area contributed by atoms with Gasteiger partial charge >= 0.3 is 0 Å². The lowest BCUT2D eigenvalue weighted by molar-refractivity contribution is -0.123. The van der Waals surface area contributed by atoms with E-state index < -0.39 is 5.54 Å². The second kappa shape index (κ2) is 14.0. The molecule has 0 atom stereocenters. The minimum absolute atomic E-state index is 0.00233. The zero-order chi connectivity index (χ0) is 20.0. The van der Waals surface area contributed by atoms with Gasteiger partial charge in [-0.15, -0.1) is 0 Å². The molecule has 26 heavy (non-hydrogen) atoms. The van der Waals surface area contributed by atoms with E-state index in [2.05, 4.69) is 5.32 Å². The normalized spacial score (nSPS) is 11.8. The minimum atomic E-state index is -0.603. The molecule has 0 aliphatic rings. The fourth-order valence-corrected chi connectivity index (χ4v) is 2.04. The van der Waals surface area contributed by atoms with Gasteiger partial charge in [-0.05, 0) is 20.9 Å². The van der Waals surface area contributed by atoms with Crippen molar-refractivity contribution < 1.29 is 28.6 Å². The summed E-state index contributed by atoms with van der Waals surface area (Å²) in [6.45, 7) is 8.68. The smallest absolute Gasteiger partial charge is 0.137 e. The number of ether oxygens (including phenoxy) is 3. The van der Waals surface area contributed by atoms with Crippen LogP contribution in [0.3, 0.4) is 0 Å². The average Bonchev–Trinajstić information content (AvgIpc) is 2.57. The summed E-state index contributed by atoms with van der Waals surface area (Å²) in [6.07, 6.45) is 1.08. The van der Waals surface area contributed by atoms with E-state index in [1.54, 1.807) is 7.05 Å². The van der Waals surface area contributed by atoms with Gasteiger partial charge in [-0.2, -0.15) is 0 Å². The molecule has 0 amide bonds. The highest BCUT2D eigenvalue weighted by atomic mass is 16.5. The molecule has 0 heterocycles. The SMILES string of the molecule is CNC(COCCC(C)=O)(COCCC(C)=O)COCCC(=O)C(C)C. The fourth-order valence-electron chi connectivity index (χ4n) is 2.04. The van der Waals surface area contributed by atoms with Gasteiger partial charge in [-0.3, -0.25) is 14.4 Å². The zero-order valence-electron chi connectivity index (χ0n) is 16.9. The van der Waals surface area contributed by atoms with E-state index in [1.807, 2.05) is 13.8 Å². The number of likely N-dealkylation sites (N-methyl/N-ethyl adjacent to an activating group) is 1. The lowest BCUT2D eigenvalue weighted by Crippen LogP contribution is -2.55. The predicted molar refractivity (Wildman–Crippen MR) is 99.3 cm³/mol. The summed E-state index contributed by atoms with van der Waals surface area (Å²) in [4.78, 5) is 33.7. The van der Waals surface area contributed by atoms with E-state index in [-0.39, 0.29) is 23.3 Å². The fraction of sp³-hybridized carbons (Fsp3) is 0.842. The molecule has 0 fully saturated rings. The van der Waals surface area contributed by atoms with Crippen LogP contribution in [0.2, 0.25) is 0 Å². The summed E-state index contributed by atoms with van der Waals surface area (Å²) in [7, 11) is 1.78. The number of carbonyl (C=O) groups excluding carboxylic acids is 3. The van der Waals surface area contributed by atoms with Crippen LogP contribution in [0.15, 0.2) is 0 Å². The molecule has 0 rings (SSSR count). The molecular formula is C19H35NO6. The van der Waals surface area contributed by atoms with Gasteiger partial charge in [0.25, 0.3) is 0 Å². The molecule has 152 valence electrons. The molecule has 0 aliphatic carbocycles. The van der Waals surface area contributed by atoms with Crippen LogP contribution in [0.25, 0.3) is 0 Å². The average molecular weight is 373 g/mol. The lowest BCUT2D eigenvalue weighted by atomic mass is 10.0. The molecule has 0 aromatic carbocycles. The molecule has 0 saturated heterocycles. The Bertz CT molecular complexity index is 414. The van der Waals surface area contributed by atoms with Gasteiger partial charge in [0.15, 0.2) is 0 Å². The minimum Gasteiger partial charge on any atom is -0.379 e. The van der Waals surface area contributed by atoms with Crippen molar-refractivity contribution in [2.45, 2.75) is 52.5 Å². The van der Waals surface area contributed by atoms with E-state index in [0.29, 0.717) is 58.9 Å². The van der Waals surface area contributed by atoms with E-state index in [1.165, 1.54) is 13.8 Å². The first kappa shape index (κ1) is 24.8. The second-order valence-electron chi connectivity index (χ2n) is 6.96. The highest BCUT2D eigenvalue weighted by molar-refractivity contribution is 5.80. The van der Waals surface area contributed by atoms with Crippen LogP contribution in [0.4, 0.5) is 0 Å². The molecule has 0 unspecified atom stereocenters. The Balaban J connectivity index is 4.52. The molecule has 0 radical (unpaired) electrons. The van der Waals surface area contributed by atoms with Gasteiger partial charge in [0.2, 0.25) is 0 Å². The van der Waals surface area contributed by atoms with Crippen molar-refractivity contribution in [1.29, 1.82) is 0 Å². The van der Waals surface area contributed by atoms with E-state index in [4.69, 9.17) is 14.2 Å². The number of nitrogens with one attached hydrogen (secondary N) is 1. The molecule has 7 nitrogen and oxygen atoms in total.